The smallest absolute Gasteiger partial charge is 0.321 e. The van der Waals surface area contributed by atoms with Crippen LogP contribution in [0.2, 0.25) is 0 Å². The number of urea groups is 1. The Kier molecular flexibility index (Phi) is 6.37. The SMILES string of the molecule is CNC(=O)N(c1ccccc1)C1CCN(Cc2nc(-c3ccc(C)cc3)[nH]c2C)CC1. The van der Waals surface area contributed by atoms with E-state index < -0.39 is 0 Å². The fraction of sp³-hybridized carbons (Fsp3) is 0.360. The van der Waals surface area contributed by atoms with Gasteiger partial charge in [0.2, 0.25) is 0 Å². The normalized spacial score (nSPS) is 15.1. The van der Waals surface area contributed by atoms with Gasteiger partial charge >= 0.3 is 6.03 Å². The summed E-state index contributed by atoms with van der Waals surface area (Å²) in [5.74, 6) is 0.928. The lowest BCUT2D eigenvalue weighted by Crippen LogP contribution is -2.50. The molecule has 0 unspecified atom stereocenters. The Morgan fingerprint density at radius 1 is 1.10 bits per heavy atom. The summed E-state index contributed by atoms with van der Waals surface area (Å²) in [6.45, 7) is 6.89. The van der Waals surface area contributed by atoms with Gasteiger partial charge in [0.05, 0.1) is 5.69 Å². The minimum absolute atomic E-state index is 0.0458. The van der Waals surface area contributed by atoms with Gasteiger partial charge in [-0.2, -0.15) is 0 Å². The van der Waals surface area contributed by atoms with Crippen LogP contribution >= 0.6 is 0 Å². The zero-order chi connectivity index (χ0) is 21.8. The van der Waals surface area contributed by atoms with Crippen molar-refractivity contribution in [1.82, 2.24) is 20.2 Å². The Hall–Kier alpha value is -3.12. The Morgan fingerprint density at radius 3 is 2.42 bits per heavy atom. The molecule has 2 heterocycles. The van der Waals surface area contributed by atoms with Crippen molar-refractivity contribution < 1.29 is 4.79 Å². The zero-order valence-corrected chi connectivity index (χ0v) is 18.6. The van der Waals surface area contributed by atoms with Crippen molar-refractivity contribution in [2.75, 3.05) is 25.0 Å². The number of aryl methyl sites for hydroxylation is 2. The third kappa shape index (κ3) is 4.80. The number of carbonyl (C=O) groups is 1. The molecule has 1 saturated heterocycles. The first-order valence-electron chi connectivity index (χ1n) is 11.0. The number of carbonyl (C=O) groups excluding carboxylic acids is 1. The van der Waals surface area contributed by atoms with Crippen LogP contribution in [0.1, 0.15) is 29.8 Å². The van der Waals surface area contributed by atoms with E-state index in [0.717, 1.165) is 60.9 Å². The van der Waals surface area contributed by atoms with E-state index in [4.69, 9.17) is 4.98 Å². The molecule has 0 bridgehead atoms. The summed E-state index contributed by atoms with van der Waals surface area (Å²) in [7, 11) is 1.69. The summed E-state index contributed by atoms with van der Waals surface area (Å²) in [5, 5.41) is 2.80. The third-order valence-corrected chi connectivity index (χ3v) is 6.07. The number of nitrogens with one attached hydrogen (secondary N) is 2. The molecule has 0 saturated carbocycles. The maximum atomic E-state index is 12.6. The zero-order valence-electron chi connectivity index (χ0n) is 18.6. The highest BCUT2D eigenvalue weighted by atomic mass is 16.2. The van der Waals surface area contributed by atoms with Crippen LogP contribution in [0.4, 0.5) is 10.5 Å². The number of aromatic nitrogens is 2. The Morgan fingerprint density at radius 2 is 1.77 bits per heavy atom. The minimum Gasteiger partial charge on any atom is -0.342 e. The number of hydrogen-bond donors (Lipinski definition) is 2. The van der Waals surface area contributed by atoms with Crippen molar-refractivity contribution in [2.45, 2.75) is 39.3 Å². The number of hydrogen-bond acceptors (Lipinski definition) is 3. The number of amides is 2. The molecule has 0 aliphatic carbocycles. The molecule has 6 nitrogen and oxygen atoms in total. The number of rotatable bonds is 5. The van der Waals surface area contributed by atoms with Crippen molar-refractivity contribution in [2.24, 2.45) is 0 Å². The number of imidazole rings is 1. The highest BCUT2D eigenvalue weighted by Gasteiger charge is 2.29. The van der Waals surface area contributed by atoms with Crippen LogP contribution in [0.3, 0.4) is 0 Å². The maximum absolute atomic E-state index is 12.6. The van der Waals surface area contributed by atoms with Gasteiger partial charge < -0.3 is 10.3 Å². The molecule has 3 aromatic rings. The Balaban J connectivity index is 1.41. The fourth-order valence-electron chi connectivity index (χ4n) is 4.25. The molecule has 1 aromatic heterocycles. The average Bonchev–Trinajstić information content (AvgIpc) is 3.16. The van der Waals surface area contributed by atoms with Crippen molar-refractivity contribution in [3.63, 3.8) is 0 Å². The average molecular weight is 418 g/mol. The number of piperidine rings is 1. The van der Waals surface area contributed by atoms with Crippen LogP contribution in [0.25, 0.3) is 11.4 Å². The fourth-order valence-corrected chi connectivity index (χ4v) is 4.25. The summed E-state index contributed by atoms with van der Waals surface area (Å²) < 4.78 is 0. The third-order valence-electron chi connectivity index (χ3n) is 6.07. The summed E-state index contributed by atoms with van der Waals surface area (Å²) in [6, 6.07) is 18.5. The van der Waals surface area contributed by atoms with Crippen molar-refractivity contribution in [3.05, 3.63) is 71.5 Å². The quantitative estimate of drug-likeness (QED) is 0.642. The van der Waals surface area contributed by atoms with E-state index in [2.05, 4.69) is 53.3 Å². The van der Waals surface area contributed by atoms with Crippen LogP contribution in [-0.4, -0.2) is 47.1 Å². The highest BCUT2D eigenvalue weighted by Crippen LogP contribution is 2.25. The first kappa shape index (κ1) is 21.1. The molecular formula is C25H31N5O. The van der Waals surface area contributed by atoms with Gasteiger partial charge in [-0.25, -0.2) is 9.78 Å². The molecule has 162 valence electrons. The molecule has 1 aliphatic rings. The predicted molar refractivity (Wildman–Crippen MR) is 125 cm³/mol. The van der Waals surface area contributed by atoms with E-state index in [1.54, 1.807) is 7.05 Å². The molecule has 4 rings (SSSR count). The number of aromatic amines is 1. The van der Waals surface area contributed by atoms with Gasteiger partial charge in [0.15, 0.2) is 0 Å². The summed E-state index contributed by atoms with van der Waals surface area (Å²) in [5.41, 5.74) is 5.53. The van der Waals surface area contributed by atoms with E-state index >= 15 is 0 Å². The van der Waals surface area contributed by atoms with E-state index in [-0.39, 0.29) is 12.1 Å². The van der Waals surface area contributed by atoms with Gasteiger partial charge in [-0.05, 0) is 38.8 Å². The molecule has 2 amide bonds. The number of likely N-dealkylation sites (tertiary alicyclic amines) is 1. The molecule has 1 fully saturated rings. The van der Waals surface area contributed by atoms with Crippen LogP contribution in [0.15, 0.2) is 54.6 Å². The maximum Gasteiger partial charge on any atom is 0.321 e. The molecule has 0 spiro atoms. The minimum atomic E-state index is -0.0458. The van der Waals surface area contributed by atoms with Gasteiger partial charge in [-0.3, -0.25) is 9.80 Å². The predicted octanol–water partition coefficient (Wildman–Crippen LogP) is 4.50. The molecule has 31 heavy (non-hydrogen) atoms. The lowest BCUT2D eigenvalue weighted by atomic mass is 10.0. The van der Waals surface area contributed by atoms with E-state index in [1.807, 2.05) is 35.2 Å². The molecule has 2 aromatic carbocycles. The van der Waals surface area contributed by atoms with Crippen molar-refractivity contribution in [3.8, 4) is 11.4 Å². The van der Waals surface area contributed by atoms with Gasteiger partial charge in [-0.15, -0.1) is 0 Å². The van der Waals surface area contributed by atoms with E-state index in [1.165, 1.54) is 5.56 Å². The summed E-state index contributed by atoms with van der Waals surface area (Å²) >= 11 is 0. The van der Waals surface area contributed by atoms with Crippen LogP contribution < -0.4 is 10.2 Å². The highest BCUT2D eigenvalue weighted by molar-refractivity contribution is 5.92. The molecular weight excluding hydrogens is 386 g/mol. The molecule has 6 heteroatoms. The number of nitrogens with zero attached hydrogens (tertiary/aromatic N) is 3. The number of anilines is 1. The summed E-state index contributed by atoms with van der Waals surface area (Å²) in [4.78, 5) is 25.2. The first-order chi connectivity index (χ1) is 15.0. The van der Waals surface area contributed by atoms with E-state index in [0.29, 0.717) is 0 Å². The lowest BCUT2D eigenvalue weighted by Gasteiger charge is -2.38. The second-order valence-corrected chi connectivity index (χ2v) is 8.29. The second-order valence-electron chi connectivity index (χ2n) is 8.29. The topological polar surface area (TPSA) is 64.3 Å². The standard InChI is InChI=1S/C25H31N5O/c1-18-9-11-20(12-10-18)24-27-19(2)23(28-24)17-29-15-13-22(14-16-29)30(25(31)26-3)21-7-5-4-6-8-21/h4-12,22H,13-17H2,1-3H3,(H,26,31)(H,27,28). The van der Waals surface area contributed by atoms with Gasteiger partial charge in [-0.1, -0.05) is 48.0 Å². The van der Waals surface area contributed by atoms with Crippen LogP contribution in [0.5, 0.6) is 0 Å². The monoisotopic (exact) mass is 417 g/mol. The van der Waals surface area contributed by atoms with Crippen molar-refractivity contribution >= 4 is 11.7 Å². The van der Waals surface area contributed by atoms with Gasteiger partial charge in [0.25, 0.3) is 0 Å². The number of H-pyrrole nitrogens is 1. The molecule has 0 atom stereocenters. The number of benzene rings is 2. The Labute approximate surface area is 184 Å². The number of para-hydroxylation sites is 1. The van der Waals surface area contributed by atoms with Gasteiger partial charge in [0.1, 0.15) is 5.82 Å². The molecule has 2 N–H and O–H groups in total. The lowest BCUT2D eigenvalue weighted by molar-refractivity contribution is 0.196. The second kappa shape index (κ2) is 9.35. The van der Waals surface area contributed by atoms with Crippen molar-refractivity contribution in [1.29, 1.82) is 0 Å². The van der Waals surface area contributed by atoms with Crippen LogP contribution in [0, 0.1) is 13.8 Å². The summed E-state index contributed by atoms with van der Waals surface area (Å²) in [6.07, 6.45) is 1.88. The first-order valence-corrected chi connectivity index (χ1v) is 11.0. The molecule has 1 aliphatic heterocycles. The van der Waals surface area contributed by atoms with Crippen LogP contribution in [-0.2, 0) is 6.54 Å². The van der Waals surface area contributed by atoms with E-state index in [9.17, 15) is 4.79 Å². The van der Waals surface area contributed by atoms with Gasteiger partial charge in [0, 0.05) is 49.7 Å². The largest absolute Gasteiger partial charge is 0.342 e. The molecule has 0 radical (unpaired) electrons. The Bertz CT molecular complexity index is 1000.